The molecular weight excluding hydrogens is 509 g/mol. The van der Waals surface area contributed by atoms with E-state index in [1.807, 2.05) is 23.2 Å². The number of aliphatic hydroxyl groups excluding tert-OH is 1. The van der Waals surface area contributed by atoms with Crippen LogP contribution in [0.1, 0.15) is 29.7 Å². The van der Waals surface area contributed by atoms with Crippen molar-refractivity contribution < 1.29 is 22.7 Å². The number of nitrogens with zero attached hydrogens (tertiary/aromatic N) is 4. The van der Waals surface area contributed by atoms with Crippen LogP contribution in [0.25, 0.3) is 6.08 Å². The maximum absolute atomic E-state index is 14.1. The van der Waals surface area contributed by atoms with Crippen LogP contribution in [0.2, 0.25) is 0 Å². The van der Waals surface area contributed by atoms with Gasteiger partial charge in [-0.2, -0.15) is 17.8 Å². The number of fused-ring (bicyclic) bond motifs is 2. The van der Waals surface area contributed by atoms with Gasteiger partial charge in [0.05, 0.1) is 37.8 Å². The summed E-state index contributed by atoms with van der Waals surface area (Å²) in [4.78, 5) is 1.95. The van der Waals surface area contributed by atoms with Crippen LogP contribution < -0.4 is 0 Å². The maximum Gasteiger partial charge on any atom is 0.305 e. The van der Waals surface area contributed by atoms with Crippen LogP contribution in [-0.4, -0.2) is 82.7 Å². The highest BCUT2D eigenvalue weighted by Crippen LogP contribution is 2.36. The summed E-state index contributed by atoms with van der Waals surface area (Å²) in [6.07, 6.45) is 9.27. The first-order chi connectivity index (χ1) is 18.4. The van der Waals surface area contributed by atoms with Crippen LogP contribution in [-0.2, 0) is 28.0 Å². The molecule has 4 aliphatic rings. The molecule has 6 rings (SSSR count). The minimum atomic E-state index is -3.83. The lowest BCUT2D eigenvalue weighted by Gasteiger charge is -2.41. The molecule has 1 aliphatic carbocycles. The number of hydrogen-bond acceptors (Lipinski definition) is 6. The van der Waals surface area contributed by atoms with Crippen molar-refractivity contribution in [1.82, 2.24) is 23.7 Å². The summed E-state index contributed by atoms with van der Waals surface area (Å²) in [7, 11) is -3.83. The number of aromatic nitrogens is 2. The van der Waals surface area contributed by atoms with Crippen LogP contribution in [0.3, 0.4) is 0 Å². The number of aromatic amines is 1. The van der Waals surface area contributed by atoms with Crippen LogP contribution >= 0.6 is 0 Å². The third-order valence-electron chi connectivity index (χ3n) is 7.78. The number of H-pyrrole nitrogens is 1. The average molecular weight is 542 g/mol. The molecule has 0 unspecified atom stereocenters. The predicted molar refractivity (Wildman–Crippen MR) is 140 cm³/mol. The first-order valence-electron chi connectivity index (χ1n) is 13.0. The summed E-state index contributed by atoms with van der Waals surface area (Å²) in [6, 6.07) is 6.14. The summed E-state index contributed by atoms with van der Waals surface area (Å²) in [5.41, 5.74) is 5.08. The Balaban J connectivity index is 1.19. The van der Waals surface area contributed by atoms with Gasteiger partial charge in [-0.25, -0.2) is 8.70 Å². The van der Waals surface area contributed by atoms with Crippen LogP contribution in [0.5, 0.6) is 0 Å². The fourth-order valence-corrected chi connectivity index (χ4v) is 7.40. The second kappa shape index (κ2) is 10.3. The zero-order chi connectivity index (χ0) is 26.3. The Morgan fingerprint density at radius 3 is 2.76 bits per heavy atom. The van der Waals surface area contributed by atoms with E-state index in [2.05, 4.69) is 16.3 Å². The van der Waals surface area contributed by atoms with Gasteiger partial charge in [-0.3, -0.25) is 5.10 Å². The zero-order valence-electron chi connectivity index (χ0n) is 21.1. The molecule has 2 N–H and O–H groups in total. The Hall–Kier alpha value is -2.99. The molecule has 2 atom stereocenters. The number of rotatable bonds is 7. The summed E-state index contributed by atoms with van der Waals surface area (Å²) in [5, 5.41) is 17.3. The van der Waals surface area contributed by atoms with Crippen LogP contribution in [0, 0.1) is 11.7 Å². The molecule has 11 heteroatoms. The second-order valence-corrected chi connectivity index (χ2v) is 12.3. The lowest BCUT2D eigenvalue weighted by molar-refractivity contribution is 0.137. The molecule has 0 radical (unpaired) electrons. The van der Waals surface area contributed by atoms with Crippen molar-refractivity contribution in [2.75, 3.05) is 39.3 Å². The first-order valence-corrected chi connectivity index (χ1v) is 14.4. The van der Waals surface area contributed by atoms with Gasteiger partial charge in [0, 0.05) is 26.2 Å². The van der Waals surface area contributed by atoms with Crippen molar-refractivity contribution in [3.05, 3.63) is 82.2 Å². The fourth-order valence-electron chi connectivity index (χ4n) is 5.69. The van der Waals surface area contributed by atoms with Gasteiger partial charge in [-0.15, -0.1) is 0 Å². The van der Waals surface area contributed by atoms with Crippen molar-refractivity contribution in [3.8, 4) is 0 Å². The largest absolute Gasteiger partial charge is 0.391 e. The number of benzene rings is 1. The number of allylic oxidation sites excluding steroid dienone is 2. The van der Waals surface area contributed by atoms with Crippen molar-refractivity contribution >= 4 is 16.3 Å². The molecule has 202 valence electrons. The number of β-amino-alcohol motifs (C(OH)–C–C–N with tert-alkyl or cyclic N) is 1. The normalized spacial score (nSPS) is 24.0. The van der Waals surface area contributed by atoms with E-state index < -0.39 is 16.3 Å². The average Bonchev–Trinajstić information content (AvgIpc) is 3.56. The molecule has 1 aromatic heterocycles. The number of nitrogens with one attached hydrogen (secondary N) is 1. The molecule has 38 heavy (non-hydrogen) atoms. The van der Waals surface area contributed by atoms with Crippen molar-refractivity contribution in [2.24, 2.45) is 5.92 Å². The molecule has 2 saturated heterocycles. The summed E-state index contributed by atoms with van der Waals surface area (Å²) in [5.74, 6) is 0.419. The highest BCUT2D eigenvalue weighted by Gasteiger charge is 2.40. The Morgan fingerprint density at radius 2 is 1.97 bits per heavy atom. The summed E-state index contributed by atoms with van der Waals surface area (Å²) in [6.45, 7) is 2.58. The smallest absolute Gasteiger partial charge is 0.305 e. The van der Waals surface area contributed by atoms with E-state index in [0.29, 0.717) is 51.4 Å². The first kappa shape index (κ1) is 25.3. The molecular formula is C27H32FN5O4S. The van der Waals surface area contributed by atoms with E-state index in [4.69, 9.17) is 4.74 Å². The van der Waals surface area contributed by atoms with E-state index >= 15 is 0 Å². The Labute approximate surface area is 222 Å². The minimum absolute atomic E-state index is 0.128. The quantitative estimate of drug-likeness (QED) is 0.559. The maximum atomic E-state index is 14.1. The van der Waals surface area contributed by atoms with Gasteiger partial charge < -0.3 is 14.7 Å². The lowest BCUT2D eigenvalue weighted by atomic mass is 9.83. The standard InChI is InChI=1S/C27H32FN5O4S/c28-24-4-1-19(2-5-24)17-37-18-20-3-6-27(31-9-8-25(34)16-31)33(14-20)38(35,36)32-10-7-21-12-26-22(13-29-30-26)11-23(21)15-32/h1-6,12-13,23,25,34H,7-11,14-18H2,(H,29,30)/t23-,25-/m0/s1. The second-order valence-electron chi connectivity index (χ2n) is 10.4. The highest BCUT2D eigenvalue weighted by molar-refractivity contribution is 7.86. The van der Waals surface area contributed by atoms with Gasteiger partial charge in [0.15, 0.2) is 0 Å². The Morgan fingerprint density at radius 1 is 1.13 bits per heavy atom. The highest BCUT2D eigenvalue weighted by atomic mass is 32.2. The molecule has 0 saturated carbocycles. The number of aliphatic hydroxyl groups is 1. The van der Waals surface area contributed by atoms with E-state index in [9.17, 15) is 17.9 Å². The van der Waals surface area contributed by atoms with Crippen LogP contribution in [0.15, 0.2) is 59.6 Å². The van der Waals surface area contributed by atoms with Gasteiger partial charge in [0.25, 0.3) is 0 Å². The fraction of sp³-hybridized carbons (Fsp3) is 0.444. The predicted octanol–water partition coefficient (Wildman–Crippen LogP) is 2.42. The minimum Gasteiger partial charge on any atom is -0.391 e. The van der Waals surface area contributed by atoms with E-state index in [-0.39, 0.29) is 24.9 Å². The van der Waals surface area contributed by atoms with Crippen molar-refractivity contribution in [2.45, 2.75) is 32.0 Å². The van der Waals surface area contributed by atoms with Gasteiger partial charge in [0.1, 0.15) is 11.6 Å². The van der Waals surface area contributed by atoms with E-state index in [1.54, 1.807) is 16.4 Å². The van der Waals surface area contributed by atoms with E-state index in [0.717, 1.165) is 28.8 Å². The molecule has 2 fully saturated rings. The van der Waals surface area contributed by atoms with Gasteiger partial charge in [-0.05, 0) is 66.2 Å². The van der Waals surface area contributed by atoms with Crippen molar-refractivity contribution in [1.29, 1.82) is 0 Å². The molecule has 0 amide bonds. The molecule has 0 spiro atoms. The monoisotopic (exact) mass is 541 g/mol. The third kappa shape index (κ3) is 5.03. The molecule has 0 bridgehead atoms. The number of halogens is 1. The Bertz CT molecular complexity index is 1380. The number of ether oxygens (including phenoxy) is 1. The summed E-state index contributed by atoms with van der Waals surface area (Å²) < 4.78 is 50.3. The molecule has 3 aliphatic heterocycles. The van der Waals surface area contributed by atoms with Crippen molar-refractivity contribution in [3.63, 3.8) is 0 Å². The van der Waals surface area contributed by atoms with Gasteiger partial charge in [0.2, 0.25) is 0 Å². The molecule has 9 nitrogen and oxygen atoms in total. The van der Waals surface area contributed by atoms with Crippen LogP contribution in [0.4, 0.5) is 4.39 Å². The van der Waals surface area contributed by atoms with E-state index in [1.165, 1.54) is 22.0 Å². The number of piperidine rings is 1. The molecule has 4 heterocycles. The zero-order valence-corrected chi connectivity index (χ0v) is 21.9. The lowest BCUT2D eigenvalue weighted by Crippen LogP contribution is -2.51. The molecule has 1 aromatic carbocycles. The van der Waals surface area contributed by atoms with Gasteiger partial charge in [-0.1, -0.05) is 23.8 Å². The Kier molecular flexibility index (Phi) is 6.85. The summed E-state index contributed by atoms with van der Waals surface area (Å²) >= 11 is 0. The molecule has 2 aromatic rings. The third-order valence-corrected chi connectivity index (χ3v) is 9.63. The topological polar surface area (TPSA) is 102 Å². The number of likely N-dealkylation sites (tertiary alicyclic amines) is 1. The van der Waals surface area contributed by atoms with Gasteiger partial charge >= 0.3 is 10.2 Å². The number of hydrogen-bond donors (Lipinski definition) is 2. The SMILES string of the molecule is O=S(=O)(N1CCC2=Cc3[nH]ncc3C[C@H]2C1)N1CC(COCc2ccc(F)cc2)=CC=C1N1CC[C@H](O)C1.